The van der Waals surface area contributed by atoms with Crippen molar-refractivity contribution in [1.29, 1.82) is 0 Å². The molecular weight excluding hydrogens is 104 g/mol. The van der Waals surface area contributed by atoms with Crippen molar-refractivity contribution in [2.45, 2.75) is 6.92 Å². The van der Waals surface area contributed by atoms with Crippen LogP contribution in [-0.4, -0.2) is 5.37 Å². The van der Waals surface area contributed by atoms with Gasteiger partial charge in [0.05, 0.1) is 0 Å². The first-order valence-electron chi connectivity index (χ1n) is 2.05. The Balaban J connectivity index is 3.72. The van der Waals surface area contributed by atoms with Gasteiger partial charge in [0.2, 0.25) is 0 Å². The lowest BCUT2D eigenvalue weighted by molar-refractivity contribution is 1.64. The van der Waals surface area contributed by atoms with Crippen LogP contribution >= 0.6 is 12.2 Å². The van der Waals surface area contributed by atoms with Gasteiger partial charge in [0.25, 0.3) is 0 Å². The van der Waals surface area contributed by atoms with Gasteiger partial charge in [-0.3, -0.25) is 0 Å². The van der Waals surface area contributed by atoms with Crippen molar-refractivity contribution in [3.05, 3.63) is 24.3 Å². The molecule has 1 heteroatoms. The third kappa shape index (κ3) is 3.40. The Hall–Kier alpha value is -0.430. The summed E-state index contributed by atoms with van der Waals surface area (Å²) in [4.78, 5) is 0. The van der Waals surface area contributed by atoms with Gasteiger partial charge in [-0.2, -0.15) is 0 Å². The molecule has 0 spiro atoms. The van der Waals surface area contributed by atoms with Crippen molar-refractivity contribution in [1.82, 2.24) is 0 Å². The Morgan fingerprint density at radius 1 is 1.71 bits per heavy atom. The van der Waals surface area contributed by atoms with E-state index in [1.54, 1.807) is 11.4 Å². The molecule has 0 saturated carbocycles. The molecule has 0 aromatic heterocycles. The van der Waals surface area contributed by atoms with Gasteiger partial charge in [-0.15, -0.1) is 0 Å². The summed E-state index contributed by atoms with van der Waals surface area (Å²) < 4.78 is 0. The van der Waals surface area contributed by atoms with E-state index in [-0.39, 0.29) is 0 Å². The van der Waals surface area contributed by atoms with E-state index in [9.17, 15) is 0 Å². The van der Waals surface area contributed by atoms with E-state index in [0.29, 0.717) is 0 Å². The van der Waals surface area contributed by atoms with E-state index in [1.165, 1.54) is 0 Å². The minimum Gasteiger partial charge on any atom is -0.0991 e. The first-order valence-corrected chi connectivity index (χ1v) is 2.53. The number of hydrogen-bond donors (Lipinski definition) is 0. The molecule has 0 aromatic rings. The fourth-order valence-electron chi connectivity index (χ4n) is 0.225. The smallest absolute Gasteiger partial charge is 0.00428 e. The maximum atomic E-state index is 4.60. The zero-order valence-electron chi connectivity index (χ0n) is 4.35. The highest BCUT2D eigenvalue weighted by atomic mass is 32.1. The lowest BCUT2D eigenvalue weighted by Gasteiger charge is -1.78. The Morgan fingerprint density at radius 3 is 2.43 bits per heavy atom. The van der Waals surface area contributed by atoms with Crippen LogP contribution in [-0.2, 0) is 0 Å². The molecule has 0 unspecified atom stereocenters. The van der Waals surface area contributed by atoms with Crippen molar-refractivity contribution in [2.24, 2.45) is 0 Å². The lowest BCUT2D eigenvalue weighted by atomic mass is 10.3. The zero-order valence-corrected chi connectivity index (χ0v) is 5.16. The van der Waals surface area contributed by atoms with Gasteiger partial charge in [-0.1, -0.05) is 30.9 Å². The molecule has 0 rings (SSSR count). The average molecular weight is 112 g/mol. The Kier molecular flexibility index (Phi) is 3.52. The predicted molar refractivity (Wildman–Crippen MR) is 37.6 cm³/mol. The standard InChI is InChI=1S/C6H8S/c1-3-4-6(2)5-7/h3-5H,1H2,2H3/b6-4-. The molecule has 0 radical (unpaired) electrons. The van der Waals surface area contributed by atoms with Gasteiger partial charge in [0.15, 0.2) is 0 Å². The Labute approximate surface area is 49.5 Å². The minimum atomic E-state index is 1.07. The van der Waals surface area contributed by atoms with E-state index in [4.69, 9.17) is 0 Å². The fraction of sp³-hybridized carbons (Fsp3) is 0.167. The van der Waals surface area contributed by atoms with Crippen LogP contribution in [0.3, 0.4) is 0 Å². The molecular formula is C6H8S. The molecule has 0 aromatic carbocycles. The number of hydrogen-bond acceptors (Lipinski definition) is 1. The molecule has 0 aliphatic carbocycles. The molecule has 7 heavy (non-hydrogen) atoms. The van der Waals surface area contributed by atoms with Crippen LogP contribution in [0.2, 0.25) is 0 Å². The summed E-state index contributed by atoms with van der Waals surface area (Å²) in [5, 5.41) is 1.63. The molecule has 0 N–H and O–H groups in total. The second kappa shape index (κ2) is 3.75. The molecule has 0 aliphatic heterocycles. The highest BCUT2D eigenvalue weighted by molar-refractivity contribution is 7.79. The maximum Gasteiger partial charge on any atom is 0.00428 e. The molecule has 0 atom stereocenters. The highest BCUT2D eigenvalue weighted by Gasteiger charge is 1.70. The quantitative estimate of drug-likeness (QED) is 0.299. The molecule has 0 bridgehead atoms. The molecule has 0 saturated heterocycles. The van der Waals surface area contributed by atoms with Crippen LogP contribution in [0.1, 0.15) is 6.92 Å². The van der Waals surface area contributed by atoms with Crippen molar-refractivity contribution < 1.29 is 0 Å². The fourth-order valence-corrected chi connectivity index (χ4v) is 0.304. The summed E-state index contributed by atoms with van der Waals surface area (Å²) in [5.74, 6) is 0. The van der Waals surface area contributed by atoms with E-state index < -0.39 is 0 Å². The van der Waals surface area contributed by atoms with Crippen LogP contribution in [0.5, 0.6) is 0 Å². The van der Waals surface area contributed by atoms with E-state index in [2.05, 4.69) is 18.8 Å². The average Bonchev–Trinajstić information content (AvgIpc) is 1.68. The van der Waals surface area contributed by atoms with Gasteiger partial charge in [-0.25, -0.2) is 0 Å². The summed E-state index contributed by atoms with van der Waals surface area (Å²) in [7, 11) is 0. The maximum absolute atomic E-state index is 4.60. The predicted octanol–water partition coefficient (Wildman–Crippen LogP) is 2.12. The normalized spacial score (nSPS) is 10.7. The summed E-state index contributed by atoms with van der Waals surface area (Å²) in [5.41, 5.74) is 1.07. The van der Waals surface area contributed by atoms with Crippen LogP contribution in [0, 0.1) is 0 Å². The van der Waals surface area contributed by atoms with Crippen LogP contribution in [0.25, 0.3) is 0 Å². The summed E-state index contributed by atoms with van der Waals surface area (Å²) in [6, 6.07) is 0. The van der Waals surface area contributed by atoms with Crippen LogP contribution in [0.4, 0.5) is 0 Å². The largest absolute Gasteiger partial charge is 0.0991 e. The molecule has 38 valence electrons. The number of allylic oxidation sites excluding steroid dienone is 3. The Morgan fingerprint density at radius 2 is 2.29 bits per heavy atom. The first kappa shape index (κ1) is 6.57. The molecule has 0 nitrogen and oxygen atoms in total. The van der Waals surface area contributed by atoms with Gasteiger partial charge in [0, 0.05) is 5.37 Å². The lowest BCUT2D eigenvalue weighted by Crippen LogP contribution is -1.67. The van der Waals surface area contributed by atoms with Gasteiger partial charge in [-0.05, 0) is 12.5 Å². The third-order valence-electron chi connectivity index (χ3n) is 0.567. The zero-order chi connectivity index (χ0) is 5.70. The van der Waals surface area contributed by atoms with E-state index in [1.807, 2.05) is 13.0 Å². The number of rotatable bonds is 2. The molecule has 0 aliphatic rings. The van der Waals surface area contributed by atoms with Crippen molar-refractivity contribution >= 4 is 17.6 Å². The number of thiocarbonyl (C=S) groups is 1. The van der Waals surface area contributed by atoms with E-state index in [0.717, 1.165) is 5.57 Å². The summed E-state index contributed by atoms with van der Waals surface area (Å²) in [6.45, 7) is 5.45. The van der Waals surface area contributed by atoms with Crippen LogP contribution in [0.15, 0.2) is 24.3 Å². The summed E-state index contributed by atoms with van der Waals surface area (Å²) in [6.07, 6.45) is 3.59. The second-order valence-corrected chi connectivity index (χ2v) is 1.50. The minimum absolute atomic E-state index is 1.07. The topological polar surface area (TPSA) is 0 Å². The monoisotopic (exact) mass is 112 g/mol. The first-order chi connectivity index (χ1) is 3.31. The van der Waals surface area contributed by atoms with Gasteiger partial charge >= 0.3 is 0 Å². The van der Waals surface area contributed by atoms with Crippen molar-refractivity contribution in [3.63, 3.8) is 0 Å². The molecule has 0 fully saturated rings. The third-order valence-corrected chi connectivity index (χ3v) is 0.938. The van der Waals surface area contributed by atoms with Crippen molar-refractivity contribution in [2.75, 3.05) is 0 Å². The van der Waals surface area contributed by atoms with Crippen molar-refractivity contribution in [3.8, 4) is 0 Å². The molecule has 0 amide bonds. The van der Waals surface area contributed by atoms with E-state index >= 15 is 0 Å². The second-order valence-electron chi connectivity index (χ2n) is 1.26. The SMILES string of the molecule is C=C/C=C(/C)C=S. The summed E-state index contributed by atoms with van der Waals surface area (Å²) >= 11 is 4.60. The van der Waals surface area contributed by atoms with Gasteiger partial charge < -0.3 is 0 Å². The highest BCUT2D eigenvalue weighted by Crippen LogP contribution is 1.85. The molecule has 0 heterocycles. The Bertz CT molecular complexity index is 101. The van der Waals surface area contributed by atoms with Crippen LogP contribution < -0.4 is 0 Å². The van der Waals surface area contributed by atoms with Gasteiger partial charge in [0.1, 0.15) is 0 Å².